The number of ether oxygens (including phenoxy) is 1. The van der Waals surface area contributed by atoms with Crippen molar-refractivity contribution in [2.24, 2.45) is 0 Å². The fourth-order valence-electron chi connectivity index (χ4n) is 1.11. The quantitative estimate of drug-likeness (QED) is 0.674. The molecule has 0 aromatic heterocycles. The van der Waals surface area contributed by atoms with Gasteiger partial charge in [-0.1, -0.05) is 0 Å². The molecule has 0 atom stereocenters. The zero-order valence-corrected chi connectivity index (χ0v) is 7.50. The van der Waals surface area contributed by atoms with Crippen molar-refractivity contribution in [2.45, 2.75) is 6.92 Å². The molecule has 0 aliphatic carbocycles. The molecule has 4 nitrogen and oxygen atoms in total. The van der Waals surface area contributed by atoms with Crippen LogP contribution in [0.2, 0.25) is 0 Å². The zero-order valence-electron chi connectivity index (χ0n) is 7.50. The smallest absolute Gasteiger partial charge is 0.336 e. The summed E-state index contributed by atoms with van der Waals surface area (Å²) in [4.78, 5) is 10.7. The zero-order chi connectivity index (χ0) is 10.0. The van der Waals surface area contributed by atoms with Crippen molar-refractivity contribution < 1.29 is 14.6 Å². The van der Waals surface area contributed by atoms with E-state index in [4.69, 9.17) is 15.6 Å². The highest BCUT2D eigenvalue weighted by Crippen LogP contribution is 2.25. The van der Waals surface area contributed by atoms with Crippen molar-refractivity contribution in [1.82, 2.24) is 0 Å². The number of hydrogen-bond acceptors (Lipinski definition) is 3. The van der Waals surface area contributed by atoms with Crippen molar-refractivity contribution in [2.75, 3.05) is 12.8 Å². The number of anilines is 1. The Kier molecular flexibility index (Phi) is 2.41. The lowest BCUT2D eigenvalue weighted by Gasteiger charge is -2.07. The molecular weight excluding hydrogens is 170 g/mol. The van der Waals surface area contributed by atoms with Gasteiger partial charge in [-0.25, -0.2) is 4.79 Å². The van der Waals surface area contributed by atoms with E-state index >= 15 is 0 Å². The molecule has 0 aliphatic heterocycles. The van der Waals surface area contributed by atoms with Gasteiger partial charge in [0.25, 0.3) is 0 Å². The number of methoxy groups -OCH3 is 1. The number of carbonyl (C=O) groups is 1. The monoisotopic (exact) mass is 181 g/mol. The van der Waals surface area contributed by atoms with E-state index in [1.165, 1.54) is 13.2 Å². The Morgan fingerprint density at radius 3 is 2.62 bits per heavy atom. The molecule has 1 rings (SSSR count). The van der Waals surface area contributed by atoms with Crippen LogP contribution in [0.5, 0.6) is 5.75 Å². The molecule has 1 aromatic rings. The predicted molar refractivity (Wildman–Crippen MR) is 49.1 cm³/mol. The van der Waals surface area contributed by atoms with Crippen molar-refractivity contribution >= 4 is 11.7 Å². The van der Waals surface area contributed by atoms with Crippen LogP contribution in [0.25, 0.3) is 0 Å². The molecule has 0 radical (unpaired) electrons. The van der Waals surface area contributed by atoms with Crippen molar-refractivity contribution in [3.8, 4) is 5.75 Å². The largest absolute Gasteiger partial charge is 0.495 e. The van der Waals surface area contributed by atoms with Gasteiger partial charge in [-0.2, -0.15) is 0 Å². The first-order chi connectivity index (χ1) is 6.06. The van der Waals surface area contributed by atoms with E-state index in [0.29, 0.717) is 17.0 Å². The standard InChI is InChI=1S/C9H11NO3/c1-5-3-8(13-2)7(10)4-6(5)9(11)12/h3-4H,10H2,1-2H3,(H,11,12). The predicted octanol–water partition coefficient (Wildman–Crippen LogP) is 1.28. The number of hydrogen-bond donors (Lipinski definition) is 2. The Bertz CT molecular complexity index is 347. The normalized spacial score (nSPS) is 9.69. The van der Waals surface area contributed by atoms with E-state index in [2.05, 4.69) is 0 Å². The maximum atomic E-state index is 10.7. The molecule has 0 saturated heterocycles. The minimum absolute atomic E-state index is 0.207. The number of aryl methyl sites for hydroxylation is 1. The Morgan fingerprint density at radius 2 is 2.15 bits per heavy atom. The minimum atomic E-state index is -0.980. The lowest BCUT2D eigenvalue weighted by atomic mass is 10.1. The summed E-state index contributed by atoms with van der Waals surface area (Å²) in [7, 11) is 1.49. The number of carboxylic acid groups (broad SMARTS) is 1. The van der Waals surface area contributed by atoms with Crippen LogP contribution in [-0.4, -0.2) is 18.2 Å². The van der Waals surface area contributed by atoms with Gasteiger partial charge >= 0.3 is 5.97 Å². The molecule has 4 heteroatoms. The van der Waals surface area contributed by atoms with Crippen LogP contribution in [0, 0.1) is 6.92 Å². The van der Waals surface area contributed by atoms with Gasteiger partial charge < -0.3 is 15.6 Å². The number of nitrogens with two attached hydrogens (primary N) is 1. The van der Waals surface area contributed by atoms with Gasteiger partial charge in [-0.15, -0.1) is 0 Å². The molecule has 0 amide bonds. The van der Waals surface area contributed by atoms with E-state index in [9.17, 15) is 4.79 Å². The van der Waals surface area contributed by atoms with E-state index in [0.717, 1.165) is 0 Å². The highest BCUT2D eigenvalue weighted by molar-refractivity contribution is 5.91. The maximum Gasteiger partial charge on any atom is 0.336 e. The summed E-state index contributed by atoms with van der Waals surface area (Å²) in [6.45, 7) is 1.70. The van der Waals surface area contributed by atoms with Gasteiger partial charge in [0, 0.05) is 0 Å². The fraction of sp³-hybridized carbons (Fsp3) is 0.222. The highest BCUT2D eigenvalue weighted by Gasteiger charge is 2.10. The van der Waals surface area contributed by atoms with Crippen LogP contribution in [0.1, 0.15) is 15.9 Å². The van der Waals surface area contributed by atoms with Crippen LogP contribution in [0.3, 0.4) is 0 Å². The molecule has 3 N–H and O–H groups in total. The second-order valence-corrected chi connectivity index (χ2v) is 2.71. The molecule has 0 heterocycles. The van der Waals surface area contributed by atoms with Crippen molar-refractivity contribution in [1.29, 1.82) is 0 Å². The first-order valence-electron chi connectivity index (χ1n) is 3.73. The van der Waals surface area contributed by atoms with Crippen LogP contribution in [-0.2, 0) is 0 Å². The minimum Gasteiger partial charge on any atom is -0.495 e. The van der Waals surface area contributed by atoms with Crippen LogP contribution >= 0.6 is 0 Å². The first-order valence-corrected chi connectivity index (χ1v) is 3.73. The van der Waals surface area contributed by atoms with Gasteiger partial charge in [0.05, 0.1) is 18.4 Å². The second-order valence-electron chi connectivity index (χ2n) is 2.71. The van der Waals surface area contributed by atoms with Gasteiger partial charge in [-0.05, 0) is 24.6 Å². The van der Waals surface area contributed by atoms with E-state index in [-0.39, 0.29) is 5.56 Å². The van der Waals surface area contributed by atoms with Crippen LogP contribution < -0.4 is 10.5 Å². The highest BCUT2D eigenvalue weighted by atomic mass is 16.5. The number of nitrogen functional groups attached to an aromatic ring is 1. The molecule has 0 fully saturated rings. The fourth-order valence-corrected chi connectivity index (χ4v) is 1.11. The van der Waals surface area contributed by atoms with Crippen LogP contribution in [0.4, 0.5) is 5.69 Å². The molecular formula is C9H11NO3. The summed E-state index contributed by atoms with van der Waals surface area (Å²) in [5, 5.41) is 8.76. The average Bonchev–Trinajstić information content (AvgIpc) is 2.07. The molecule has 0 unspecified atom stereocenters. The third kappa shape index (κ3) is 1.72. The van der Waals surface area contributed by atoms with E-state index in [1.54, 1.807) is 13.0 Å². The van der Waals surface area contributed by atoms with Gasteiger partial charge in [0.1, 0.15) is 5.75 Å². The van der Waals surface area contributed by atoms with Gasteiger partial charge in [-0.3, -0.25) is 0 Å². The summed E-state index contributed by atoms with van der Waals surface area (Å²) in [5.41, 5.74) is 6.73. The molecule has 1 aromatic carbocycles. The van der Waals surface area contributed by atoms with Gasteiger partial charge in [0.15, 0.2) is 0 Å². The molecule has 70 valence electrons. The molecule has 0 aliphatic rings. The van der Waals surface area contributed by atoms with Gasteiger partial charge in [0.2, 0.25) is 0 Å². The summed E-state index contributed by atoms with van der Waals surface area (Å²) >= 11 is 0. The maximum absolute atomic E-state index is 10.7. The third-order valence-corrected chi connectivity index (χ3v) is 1.81. The SMILES string of the molecule is COc1cc(C)c(C(=O)O)cc1N. The second kappa shape index (κ2) is 3.35. The van der Waals surface area contributed by atoms with Crippen molar-refractivity contribution in [3.05, 3.63) is 23.3 Å². The molecule has 0 spiro atoms. The summed E-state index contributed by atoms with van der Waals surface area (Å²) in [6, 6.07) is 3.01. The first kappa shape index (κ1) is 9.38. The number of carboxylic acids is 1. The summed E-state index contributed by atoms with van der Waals surface area (Å²) < 4.78 is 4.94. The lowest BCUT2D eigenvalue weighted by molar-refractivity contribution is 0.0696. The topological polar surface area (TPSA) is 72.5 Å². The summed E-state index contributed by atoms with van der Waals surface area (Å²) in [5.74, 6) is -0.477. The van der Waals surface area contributed by atoms with E-state index in [1.807, 2.05) is 0 Å². The number of rotatable bonds is 2. The number of aromatic carboxylic acids is 1. The lowest BCUT2D eigenvalue weighted by Crippen LogP contribution is -2.02. The average molecular weight is 181 g/mol. The van der Waals surface area contributed by atoms with E-state index < -0.39 is 5.97 Å². The molecule has 0 bridgehead atoms. The molecule has 0 saturated carbocycles. The Hall–Kier alpha value is -1.71. The van der Waals surface area contributed by atoms with Crippen molar-refractivity contribution in [3.63, 3.8) is 0 Å². The van der Waals surface area contributed by atoms with Crippen LogP contribution in [0.15, 0.2) is 12.1 Å². The third-order valence-electron chi connectivity index (χ3n) is 1.81. The Labute approximate surface area is 75.9 Å². The number of benzene rings is 1. The molecule has 13 heavy (non-hydrogen) atoms. The Morgan fingerprint density at radius 1 is 1.54 bits per heavy atom. The Balaban J connectivity index is 3.28. The summed E-state index contributed by atoms with van der Waals surface area (Å²) in [6.07, 6.45) is 0.